The normalized spacial score (nSPS) is 16.2. The highest BCUT2D eigenvalue weighted by Crippen LogP contribution is 2.32. The maximum absolute atomic E-state index is 12.4. The van der Waals surface area contributed by atoms with Crippen molar-refractivity contribution >= 4 is 57.4 Å². The second-order valence-corrected chi connectivity index (χ2v) is 8.75. The quantitative estimate of drug-likeness (QED) is 0.363. The largest absolute Gasteiger partial charge is 0.494 e. The molecule has 2 aromatic carbocycles. The first kappa shape index (κ1) is 20.5. The monoisotopic (exact) mass is 462 g/mol. The molecule has 0 atom stereocenters. The summed E-state index contributed by atoms with van der Waals surface area (Å²) in [6, 6.07) is 18.9. The summed E-state index contributed by atoms with van der Waals surface area (Å²) in [6.07, 6.45) is 1.71. The van der Waals surface area contributed by atoms with Crippen molar-refractivity contribution in [1.82, 2.24) is 15.3 Å². The topological polar surface area (TPSA) is 92.5 Å². The highest BCUT2D eigenvalue weighted by molar-refractivity contribution is 8.18. The number of carbonyl (C=O) groups excluding carboxylic acids is 1. The van der Waals surface area contributed by atoms with Crippen LogP contribution in [0.1, 0.15) is 12.7 Å². The van der Waals surface area contributed by atoms with Gasteiger partial charge in [-0.05, 0) is 79.0 Å². The fraction of sp³-hybridized carbons (Fsp3) is 0.0870. The third kappa shape index (κ3) is 4.58. The fourth-order valence-electron chi connectivity index (χ4n) is 3.05. The number of hydrogen-bond acceptors (Lipinski definition) is 7. The first-order valence-corrected chi connectivity index (χ1v) is 11.5. The zero-order valence-electron chi connectivity index (χ0n) is 17.0. The Balaban J connectivity index is 1.27. The van der Waals surface area contributed by atoms with Crippen molar-refractivity contribution < 1.29 is 13.9 Å². The molecule has 1 aliphatic heterocycles. The van der Waals surface area contributed by atoms with Gasteiger partial charge in [0.25, 0.3) is 5.91 Å². The highest BCUT2D eigenvalue weighted by Gasteiger charge is 2.24. The van der Waals surface area contributed by atoms with Crippen LogP contribution < -0.4 is 10.1 Å². The number of aromatic amines is 1. The molecule has 160 valence electrons. The lowest BCUT2D eigenvalue weighted by atomic mass is 10.3. The molecule has 1 aliphatic rings. The third-order valence-corrected chi connectivity index (χ3v) is 6.19. The number of thioether (sulfide) groups is 1. The number of amidine groups is 1. The van der Waals surface area contributed by atoms with E-state index in [4.69, 9.17) is 9.15 Å². The Morgan fingerprint density at radius 1 is 1.16 bits per heavy atom. The molecule has 32 heavy (non-hydrogen) atoms. The summed E-state index contributed by atoms with van der Waals surface area (Å²) in [7, 11) is 0. The summed E-state index contributed by atoms with van der Waals surface area (Å²) >= 11 is 2.67. The van der Waals surface area contributed by atoms with Crippen LogP contribution in [0, 0.1) is 0 Å². The first-order chi connectivity index (χ1) is 15.7. The van der Waals surface area contributed by atoms with E-state index < -0.39 is 0 Å². The molecule has 7 nitrogen and oxygen atoms in total. The molecule has 0 bridgehead atoms. The van der Waals surface area contributed by atoms with Gasteiger partial charge in [-0.25, -0.2) is 9.98 Å². The Kier molecular flexibility index (Phi) is 5.74. The van der Waals surface area contributed by atoms with Crippen molar-refractivity contribution in [2.75, 3.05) is 6.61 Å². The summed E-state index contributed by atoms with van der Waals surface area (Å²) in [5, 5.41) is 4.74. The maximum atomic E-state index is 12.4. The molecule has 1 fully saturated rings. The smallest absolute Gasteiger partial charge is 0.264 e. The molecule has 2 aromatic heterocycles. The van der Waals surface area contributed by atoms with Crippen molar-refractivity contribution in [2.24, 2.45) is 4.99 Å². The van der Waals surface area contributed by atoms with Crippen molar-refractivity contribution in [2.45, 2.75) is 17.2 Å². The molecule has 9 heteroatoms. The molecule has 3 heterocycles. The van der Waals surface area contributed by atoms with E-state index in [0.717, 1.165) is 27.6 Å². The minimum atomic E-state index is -0.206. The molecule has 1 saturated heterocycles. The molecule has 0 spiro atoms. The summed E-state index contributed by atoms with van der Waals surface area (Å²) in [4.78, 5) is 25.2. The Labute approximate surface area is 192 Å². The van der Waals surface area contributed by atoms with Gasteiger partial charge in [0.2, 0.25) is 0 Å². The number of benzene rings is 2. The van der Waals surface area contributed by atoms with Gasteiger partial charge < -0.3 is 19.5 Å². The van der Waals surface area contributed by atoms with Gasteiger partial charge in [0.05, 0.1) is 28.2 Å². The van der Waals surface area contributed by atoms with E-state index in [2.05, 4.69) is 20.3 Å². The van der Waals surface area contributed by atoms with Crippen LogP contribution in [-0.2, 0) is 4.79 Å². The average molecular weight is 463 g/mol. The van der Waals surface area contributed by atoms with Crippen LogP contribution in [0.25, 0.3) is 17.1 Å². The van der Waals surface area contributed by atoms with Gasteiger partial charge in [-0.15, -0.1) is 0 Å². The molecule has 2 N–H and O–H groups in total. The van der Waals surface area contributed by atoms with Gasteiger partial charge >= 0.3 is 0 Å². The summed E-state index contributed by atoms with van der Waals surface area (Å²) < 4.78 is 11.3. The standard InChI is InChI=1S/C23H18N4O3S2/c1-2-29-15-9-7-14(8-10-15)24-22-27-21(28)19(31-22)13-16-11-12-20(30-16)32-23-25-17-5-3-4-6-18(17)26-23/h3-13H,2H2,1H3,(H,25,26)(H,24,27,28)/b19-13-. The second kappa shape index (κ2) is 8.97. The maximum Gasteiger partial charge on any atom is 0.264 e. The van der Waals surface area contributed by atoms with Crippen LogP contribution >= 0.6 is 23.5 Å². The van der Waals surface area contributed by atoms with Gasteiger partial charge in [0.15, 0.2) is 15.4 Å². The van der Waals surface area contributed by atoms with Gasteiger partial charge in [0.1, 0.15) is 11.5 Å². The summed E-state index contributed by atoms with van der Waals surface area (Å²) in [5.41, 5.74) is 2.62. The number of carbonyl (C=O) groups is 1. The number of nitrogens with one attached hydrogen (secondary N) is 2. The number of imidazole rings is 1. The number of fused-ring (bicyclic) bond motifs is 1. The lowest BCUT2D eigenvalue weighted by Gasteiger charge is -2.02. The number of amides is 1. The van der Waals surface area contributed by atoms with E-state index in [1.807, 2.05) is 67.6 Å². The van der Waals surface area contributed by atoms with E-state index in [-0.39, 0.29) is 5.91 Å². The number of furan rings is 1. The zero-order valence-corrected chi connectivity index (χ0v) is 18.6. The first-order valence-electron chi connectivity index (χ1n) is 9.91. The van der Waals surface area contributed by atoms with Crippen LogP contribution in [0.3, 0.4) is 0 Å². The van der Waals surface area contributed by atoms with Crippen LogP contribution in [0.4, 0.5) is 5.69 Å². The van der Waals surface area contributed by atoms with Gasteiger partial charge in [-0.1, -0.05) is 12.1 Å². The molecule has 0 aliphatic carbocycles. The van der Waals surface area contributed by atoms with Gasteiger partial charge in [-0.3, -0.25) is 4.79 Å². The Hall–Kier alpha value is -3.43. The van der Waals surface area contributed by atoms with Crippen LogP contribution in [0.15, 0.2) is 85.2 Å². The SMILES string of the molecule is CCOc1ccc(N=C2NC(=O)/C(=C/c3ccc(Sc4nc5ccccc5[nH]4)o3)S2)cc1. The molecule has 0 radical (unpaired) electrons. The molecule has 1 amide bonds. The number of H-pyrrole nitrogens is 1. The van der Waals surface area contributed by atoms with Crippen molar-refractivity contribution in [3.05, 3.63) is 71.3 Å². The number of nitrogens with zero attached hydrogens (tertiary/aromatic N) is 2. The molecular formula is C23H18N4O3S2. The minimum Gasteiger partial charge on any atom is -0.494 e. The Morgan fingerprint density at radius 2 is 2.00 bits per heavy atom. The number of aliphatic imine (C=N–C) groups is 1. The highest BCUT2D eigenvalue weighted by atomic mass is 32.2. The van der Waals surface area contributed by atoms with E-state index in [0.29, 0.717) is 27.5 Å². The zero-order chi connectivity index (χ0) is 21.9. The fourth-order valence-corrected chi connectivity index (χ4v) is 4.64. The molecular weight excluding hydrogens is 444 g/mol. The number of hydrogen-bond donors (Lipinski definition) is 2. The number of rotatable bonds is 6. The van der Waals surface area contributed by atoms with Gasteiger partial charge in [-0.2, -0.15) is 0 Å². The molecule has 4 aromatic rings. The van der Waals surface area contributed by atoms with Crippen molar-refractivity contribution in [3.8, 4) is 5.75 Å². The van der Waals surface area contributed by atoms with Crippen molar-refractivity contribution in [1.29, 1.82) is 0 Å². The Morgan fingerprint density at radius 3 is 2.81 bits per heavy atom. The number of para-hydroxylation sites is 2. The number of ether oxygens (including phenoxy) is 1. The lowest BCUT2D eigenvalue weighted by Crippen LogP contribution is -2.19. The van der Waals surface area contributed by atoms with Crippen LogP contribution in [-0.4, -0.2) is 27.6 Å². The minimum absolute atomic E-state index is 0.206. The van der Waals surface area contributed by atoms with Crippen molar-refractivity contribution in [3.63, 3.8) is 0 Å². The van der Waals surface area contributed by atoms with Crippen LogP contribution in [0.5, 0.6) is 5.75 Å². The average Bonchev–Trinajstić information content (AvgIpc) is 3.49. The predicted molar refractivity (Wildman–Crippen MR) is 127 cm³/mol. The van der Waals surface area contributed by atoms with E-state index in [1.165, 1.54) is 23.5 Å². The van der Waals surface area contributed by atoms with Crippen LogP contribution in [0.2, 0.25) is 0 Å². The number of aromatic nitrogens is 2. The predicted octanol–water partition coefficient (Wildman–Crippen LogP) is 5.60. The van der Waals surface area contributed by atoms with E-state index in [9.17, 15) is 4.79 Å². The molecule has 0 saturated carbocycles. The Bertz CT molecular complexity index is 1310. The molecule has 5 rings (SSSR count). The second-order valence-electron chi connectivity index (χ2n) is 6.73. The van der Waals surface area contributed by atoms with E-state index in [1.54, 1.807) is 6.08 Å². The van der Waals surface area contributed by atoms with Gasteiger partial charge in [0, 0.05) is 6.08 Å². The summed E-state index contributed by atoms with van der Waals surface area (Å²) in [6.45, 7) is 2.55. The van der Waals surface area contributed by atoms with E-state index >= 15 is 0 Å². The summed E-state index contributed by atoms with van der Waals surface area (Å²) in [5.74, 6) is 1.17. The third-order valence-electron chi connectivity index (χ3n) is 4.47. The lowest BCUT2D eigenvalue weighted by molar-refractivity contribution is -0.115. The molecule has 0 unspecified atom stereocenters.